The van der Waals surface area contributed by atoms with Gasteiger partial charge in [0.05, 0.1) is 16.3 Å². The number of carboxylic acids is 1. The summed E-state index contributed by atoms with van der Waals surface area (Å²) >= 11 is 0.906. The lowest BCUT2D eigenvalue weighted by Crippen LogP contribution is -2.19. The van der Waals surface area contributed by atoms with Crippen molar-refractivity contribution in [3.8, 4) is 0 Å². The molecule has 7 heteroatoms. The topological polar surface area (TPSA) is 99.3 Å². The van der Waals surface area contributed by atoms with Gasteiger partial charge in [-0.05, 0) is 24.6 Å². The molecule has 0 fully saturated rings. The number of pyridine rings is 1. The van der Waals surface area contributed by atoms with Gasteiger partial charge in [0, 0.05) is 11.8 Å². The van der Waals surface area contributed by atoms with Gasteiger partial charge in [0.25, 0.3) is 5.91 Å². The molecule has 1 amide bonds. The molecule has 2 aromatic rings. The summed E-state index contributed by atoms with van der Waals surface area (Å²) in [7, 11) is 0. The SMILES string of the molecule is Cc1cc(=O)[nH]c(SCC(=O)O)c1C(=O)Nc1ccccc1. The van der Waals surface area contributed by atoms with Crippen LogP contribution < -0.4 is 10.9 Å². The second-order valence-electron chi connectivity index (χ2n) is 4.52. The third kappa shape index (κ3) is 3.98. The summed E-state index contributed by atoms with van der Waals surface area (Å²) in [5.74, 6) is -1.67. The number of hydrogen-bond acceptors (Lipinski definition) is 4. The van der Waals surface area contributed by atoms with Gasteiger partial charge < -0.3 is 15.4 Å². The van der Waals surface area contributed by atoms with E-state index in [4.69, 9.17) is 5.11 Å². The maximum Gasteiger partial charge on any atom is 0.313 e. The molecule has 6 nitrogen and oxygen atoms in total. The van der Waals surface area contributed by atoms with Crippen molar-refractivity contribution in [1.82, 2.24) is 4.98 Å². The molecule has 0 aliphatic carbocycles. The highest BCUT2D eigenvalue weighted by Crippen LogP contribution is 2.22. The van der Waals surface area contributed by atoms with Crippen LogP contribution >= 0.6 is 11.8 Å². The van der Waals surface area contributed by atoms with E-state index in [-0.39, 0.29) is 21.9 Å². The first kappa shape index (κ1) is 15.8. The van der Waals surface area contributed by atoms with E-state index in [0.29, 0.717) is 11.3 Å². The van der Waals surface area contributed by atoms with Crippen molar-refractivity contribution in [3.05, 3.63) is 57.9 Å². The van der Waals surface area contributed by atoms with Gasteiger partial charge in [-0.3, -0.25) is 14.4 Å². The first-order valence-corrected chi connectivity index (χ1v) is 7.41. The van der Waals surface area contributed by atoms with Crippen LogP contribution in [0.2, 0.25) is 0 Å². The number of carbonyl (C=O) groups excluding carboxylic acids is 1. The van der Waals surface area contributed by atoms with Crippen LogP contribution in [0, 0.1) is 6.92 Å². The number of aromatic nitrogens is 1. The number of para-hydroxylation sites is 1. The van der Waals surface area contributed by atoms with Crippen molar-refractivity contribution in [3.63, 3.8) is 0 Å². The average Bonchev–Trinajstić information content (AvgIpc) is 2.45. The monoisotopic (exact) mass is 318 g/mol. The number of benzene rings is 1. The maximum atomic E-state index is 12.4. The smallest absolute Gasteiger partial charge is 0.313 e. The van der Waals surface area contributed by atoms with Crippen molar-refractivity contribution < 1.29 is 14.7 Å². The van der Waals surface area contributed by atoms with E-state index in [0.717, 1.165) is 11.8 Å². The number of carboxylic acid groups (broad SMARTS) is 1. The molecule has 0 saturated carbocycles. The highest BCUT2D eigenvalue weighted by Gasteiger charge is 2.17. The van der Waals surface area contributed by atoms with Crippen LogP contribution in [0.25, 0.3) is 0 Å². The summed E-state index contributed by atoms with van der Waals surface area (Å²) in [6, 6.07) is 10.2. The van der Waals surface area contributed by atoms with Gasteiger partial charge in [-0.2, -0.15) is 0 Å². The van der Waals surface area contributed by atoms with Crippen molar-refractivity contribution in [2.75, 3.05) is 11.1 Å². The summed E-state index contributed by atoms with van der Waals surface area (Å²) in [6.07, 6.45) is 0. The number of anilines is 1. The van der Waals surface area contributed by atoms with Gasteiger partial charge in [-0.15, -0.1) is 0 Å². The van der Waals surface area contributed by atoms with E-state index < -0.39 is 11.9 Å². The summed E-state index contributed by atoms with van der Waals surface area (Å²) in [5, 5.41) is 11.7. The second-order valence-corrected chi connectivity index (χ2v) is 5.51. The Hall–Kier alpha value is -2.54. The molecule has 1 aromatic heterocycles. The fourth-order valence-corrected chi connectivity index (χ4v) is 2.74. The Balaban J connectivity index is 2.33. The minimum atomic E-state index is -1.03. The molecule has 114 valence electrons. The average molecular weight is 318 g/mol. The second kappa shape index (κ2) is 6.95. The number of thioether (sulfide) groups is 1. The zero-order valence-corrected chi connectivity index (χ0v) is 12.6. The van der Waals surface area contributed by atoms with Gasteiger partial charge in [0.2, 0.25) is 5.56 Å². The van der Waals surface area contributed by atoms with E-state index in [2.05, 4.69) is 10.3 Å². The standard InChI is InChI=1S/C15H14N2O4S/c1-9-7-11(18)17-15(22-8-12(19)20)13(9)14(21)16-10-5-3-2-4-6-10/h2-7H,8H2,1H3,(H,16,21)(H,17,18)(H,19,20). The number of H-pyrrole nitrogens is 1. The Morgan fingerprint density at radius 1 is 1.27 bits per heavy atom. The van der Waals surface area contributed by atoms with Gasteiger partial charge >= 0.3 is 5.97 Å². The fraction of sp³-hybridized carbons (Fsp3) is 0.133. The zero-order valence-electron chi connectivity index (χ0n) is 11.8. The number of aryl methyl sites for hydroxylation is 1. The molecule has 0 radical (unpaired) electrons. The summed E-state index contributed by atoms with van der Waals surface area (Å²) in [6.45, 7) is 1.64. The van der Waals surface area contributed by atoms with Gasteiger partial charge in [0.15, 0.2) is 0 Å². The van der Waals surface area contributed by atoms with E-state index in [1.165, 1.54) is 6.07 Å². The summed E-state index contributed by atoms with van der Waals surface area (Å²) < 4.78 is 0. The zero-order chi connectivity index (χ0) is 16.1. The van der Waals surface area contributed by atoms with Gasteiger partial charge in [-0.1, -0.05) is 30.0 Å². The highest BCUT2D eigenvalue weighted by atomic mass is 32.2. The number of amides is 1. The molecule has 0 atom stereocenters. The molecule has 0 spiro atoms. The maximum absolute atomic E-state index is 12.4. The molecule has 3 N–H and O–H groups in total. The third-order valence-corrected chi connectivity index (χ3v) is 3.79. The lowest BCUT2D eigenvalue weighted by atomic mass is 10.1. The highest BCUT2D eigenvalue weighted by molar-refractivity contribution is 8.00. The first-order chi connectivity index (χ1) is 10.5. The molecule has 22 heavy (non-hydrogen) atoms. The number of nitrogens with one attached hydrogen (secondary N) is 2. The van der Waals surface area contributed by atoms with Crippen LogP contribution in [0.5, 0.6) is 0 Å². The molecule has 0 bridgehead atoms. The molecule has 2 rings (SSSR count). The van der Waals surface area contributed by atoms with Crippen molar-refractivity contribution >= 4 is 29.3 Å². The molecular weight excluding hydrogens is 304 g/mol. The van der Waals surface area contributed by atoms with E-state index >= 15 is 0 Å². The van der Waals surface area contributed by atoms with Crippen molar-refractivity contribution in [2.45, 2.75) is 11.9 Å². The van der Waals surface area contributed by atoms with Crippen LogP contribution in [0.4, 0.5) is 5.69 Å². The van der Waals surface area contributed by atoms with Gasteiger partial charge in [-0.25, -0.2) is 0 Å². The molecule has 0 unspecified atom stereocenters. The number of aliphatic carboxylic acids is 1. The number of hydrogen-bond donors (Lipinski definition) is 3. The largest absolute Gasteiger partial charge is 0.481 e. The van der Waals surface area contributed by atoms with E-state index in [1.54, 1.807) is 31.2 Å². The Labute approximate surface area is 130 Å². The predicted molar refractivity (Wildman–Crippen MR) is 84.6 cm³/mol. The lowest BCUT2D eigenvalue weighted by Gasteiger charge is -2.11. The minimum absolute atomic E-state index is 0.245. The summed E-state index contributed by atoms with van der Waals surface area (Å²) in [4.78, 5) is 37.2. The predicted octanol–water partition coefficient (Wildman–Crippen LogP) is 2.11. The molecule has 1 aromatic carbocycles. The normalized spacial score (nSPS) is 10.2. The van der Waals surface area contributed by atoms with Crippen molar-refractivity contribution in [2.24, 2.45) is 0 Å². The third-order valence-electron chi connectivity index (χ3n) is 2.80. The summed E-state index contributed by atoms with van der Waals surface area (Å²) in [5.41, 5.74) is 1.01. The van der Waals surface area contributed by atoms with Crippen LogP contribution in [-0.2, 0) is 4.79 Å². The van der Waals surface area contributed by atoms with Gasteiger partial charge in [0.1, 0.15) is 0 Å². The molecule has 0 aliphatic rings. The Morgan fingerprint density at radius 2 is 1.95 bits per heavy atom. The minimum Gasteiger partial charge on any atom is -0.481 e. The van der Waals surface area contributed by atoms with Crippen molar-refractivity contribution in [1.29, 1.82) is 0 Å². The van der Waals surface area contributed by atoms with Crippen LogP contribution in [0.1, 0.15) is 15.9 Å². The molecular formula is C15H14N2O4S. The van der Waals surface area contributed by atoms with E-state index in [9.17, 15) is 14.4 Å². The first-order valence-electron chi connectivity index (χ1n) is 6.42. The Kier molecular flexibility index (Phi) is 5.00. The Bertz CT molecular complexity index is 756. The number of aromatic amines is 1. The number of carbonyl (C=O) groups is 2. The number of rotatable bonds is 5. The van der Waals surface area contributed by atoms with E-state index in [1.807, 2.05) is 6.07 Å². The van der Waals surface area contributed by atoms with Crippen LogP contribution in [0.15, 0.2) is 46.2 Å². The van der Waals surface area contributed by atoms with Crippen LogP contribution in [0.3, 0.4) is 0 Å². The van der Waals surface area contributed by atoms with Crippen LogP contribution in [-0.4, -0.2) is 27.7 Å². The molecule has 0 saturated heterocycles. The molecule has 0 aliphatic heterocycles. The lowest BCUT2D eigenvalue weighted by molar-refractivity contribution is -0.133. The Morgan fingerprint density at radius 3 is 2.59 bits per heavy atom. The fourth-order valence-electron chi connectivity index (χ4n) is 1.90. The quantitative estimate of drug-likeness (QED) is 0.733. The molecule has 1 heterocycles.